The Balaban J connectivity index is -0.000000320. The minimum Gasteiger partial charge on any atom is -0.549 e. The van der Waals surface area contributed by atoms with Crippen molar-refractivity contribution in [3.8, 4) is 0 Å². The van der Waals surface area contributed by atoms with Gasteiger partial charge < -0.3 is 36.2 Å². The molecule has 1 saturated heterocycles. The van der Waals surface area contributed by atoms with Crippen LogP contribution in [0.3, 0.4) is 0 Å². The van der Waals surface area contributed by atoms with Gasteiger partial charge in [-0.25, -0.2) is 0 Å². The molecule has 124 valence electrons. The Kier molecular flexibility index (Phi) is 20.2. The van der Waals surface area contributed by atoms with Gasteiger partial charge in [-0.3, -0.25) is 9.80 Å². The van der Waals surface area contributed by atoms with Crippen LogP contribution >= 0.6 is 0 Å². The fraction of sp³-hybridized carbons (Fsp3) is 0.800. The quantitative estimate of drug-likeness (QED) is 0.362. The van der Waals surface area contributed by atoms with Crippen molar-refractivity contribution in [1.29, 1.82) is 0 Å². The number of carboxylic acid groups (broad SMARTS) is 2. The molecule has 1 aliphatic rings. The number of carbonyl (C=O) groups excluding carboxylic acids is 2. The standard InChI is InChI=1S/C10H18N2O4.Ni.3H2O/c13-9(14)7-11-3-1-4-12(6-2-5-11)8-10(15)16;;;;/h1-8H2,(H,13,14)(H,15,16);;3*1H2/q;+2;;;/p-1. The summed E-state index contributed by atoms with van der Waals surface area (Å²) in [7, 11) is 0. The van der Waals surface area contributed by atoms with Crippen molar-refractivity contribution in [2.45, 2.75) is 12.8 Å². The van der Waals surface area contributed by atoms with Crippen molar-refractivity contribution in [1.82, 2.24) is 9.80 Å². The number of aliphatic carboxylic acids is 2. The molecule has 7 N–H and O–H groups in total. The molecular weight excluding hydrogens is 319 g/mol. The molecule has 20 heavy (non-hydrogen) atoms. The minimum absolute atomic E-state index is 0. The van der Waals surface area contributed by atoms with Crippen molar-refractivity contribution >= 4 is 11.9 Å². The van der Waals surface area contributed by atoms with E-state index in [0.717, 1.165) is 12.8 Å². The normalized spacial score (nSPS) is 16.0. The zero-order chi connectivity index (χ0) is 12.0. The molecule has 9 nitrogen and oxygen atoms in total. The van der Waals surface area contributed by atoms with Gasteiger partial charge in [0.2, 0.25) is 0 Å². The molecule has 0 spiro atoms. The molecule has 1 heterocycles. The zero-order valence-electron chi connectivity index (χ0n) is 11.1. The third-order valence-electron chi connectivity index (χ3n) is 2.60. The molecule has 0 radical (unpaired) electrons. The van der Waals surface area contributed by atoms with Crippen LogP contribution in [0.5, 0.6) is 0 Å². The van der Waals surface area contributed by atoms with Crippen LogP contribution in [-0.4, -0.2) is 72.0 Å². The average molecular weight is 342 g/mol. The van der Waals surface area contributed by atoms with Gasteiger partial charge >= 0.3 is 16.5 Å². The first-order chi connectivity index (χ1) is 7.58. The maximum Gasteiger partial charge on any atom is 2.00 e. The van der Waals surface area contributed by atoms with E-state index in [0.29, 0.717) is 26.2 Å². The van der Waals surface area contributed by atoms with Crippen LogP contribution in [0.1, 0.15) is 12.8 Å². The van der Waals surface area contributed by atoms with Gasteiger partial charge in [0.15, 0.2) is 0 Å². The first-order valence-corrected chi connectivity index (χ1v) is 5.42. The third kappa shape index (κ3) is 12.3. The summed E-state index contributed by atoms with van der Waals surface area (Å²) in [6.07, 6.45) is 1.53. The van der Waals surface area contributed by atoms with Crippen LogP contribution in [0, 0.1) is 0 Å². The van der Waals surface area contributed by atoms with E-state index in [1.54, 1.807) is 0 Å². The molecule has 1 aliphatic heterocycles. The van der Waals surface area contributed by atoms with Gasteiger partial charge in [-0.1, -0.05) is 0 Å². The predicted octanol–water partition coefficient (Wildman–Crippen LogP) is -5.69. The van der Waals surface area contributed by atoms with Gasteiger partial charge in [-0.05, 0) is 39.0 Å². The van der Waals surface area contributed by atoms with Gasteiger partial charge in [-0.15, -0.1) is 0 Å². The summed E-state index contributed by atoms with van der Waals surface area (Å²) in [5, 5.41) is 20.9. The van der Waals surface area contributed by atoms with Crippen molar-refractivity contribution < 1.29 is 52.7 Å². The van der Waals surface area contributed by atoms with Gasteiger partial charge in [0.05, 0.1) is 11.9 Å². The summed E-state index contributed by atoms with van der Waals surface area (Å²) in [5.74, 6) is -2.13. The molecule has 0 aromatic carbocycles. The maximum absolute atomic E-state index is 10.4. The molecule has 1 fully saturated rings. The van der Waals surface area contributed by atoms with E-state index < -0.39 is 11.9 Å². The Hall–Kier alpha value is -0.766. The van der Waals surface area contributed by atoms with E-state index in [1.165, 1.54) is 0 Å². The molecule has 0 saturated carbocycles. The first kappa shape index (κ1) is 27.6. The zero-order valence-corrected chi connectivity index (χ0v) is 12.1. The second-order valence-corrected chi connectivity index (χ2v) is 4.00. The number of hydrogen-bond acceptors (Lipinski definition) is 6. The van der Waals surface area contributed by atoms with E-state index in [-0.39, 0.29) is 46.0 Å². The molecule has 0 atom stereocenters. The van der Waals surface area contributed by atoms with E-state index in [4.69, 9.17) is 0 Å². The van der Waals surface area contributed by atoms with Gasteiger partial charge in [-0.2, -0.15) is 0 Å². The van der Waals surface area contributed by atoms with E-state index >= 15 is 0 Å². The van der Waals surface area contributed by atoms with Crippen LogP contribution < -0.4 is 10.2 Å². The molecule has 10 heteroatoms. The number of carbonyl (C=O) groups is 2. The monoisotopic (exact) mass is 341 g/mol. The number of hydrogen-bond donors (Lipinski definition) is 0. The van der Waals surface area contributed by atoms with Gasteiger partial charge in [0, 0.05) is 13.1 Å². The molecule has 0 aromatic rings. The number of carboxylic acids is 2. The van der Waals surface area contributed by atoms with Crippen molar-refractivity contribution in [3.63, 3.8) is 0 Å². The van der Waals surface area contributed by atoms with E-state index in [9.17, 15) is 19.8 Å². The molecule has 0 aliphatic carbocycles. The van der Waals surface area contributed by atoms with E-state index in [1.807, 2.05) is 9.80 Å². The first-order valence-electron chi connectivity index (χ1n) is 5.42. The van der Waals surface area contributed by atoms with Crippen LogP contribution in [0.25, 0.3) is 0 Å². The van der Waals surface area contributed by atoms with Crippen LogP contribution in [0.2, 0.25) is 0 Å². The van der Waals surface area contributed by atoms with E-state index in [2.05, 4.69) is 0 Å². The summed E-state index contributed by atoms with van der Waals surface area (Å²) in [4.78, 5) is 24.5. The second-order valence-electron chi connectivity index (χ2n) is 4.00. The fourth-order valence-electron chi connectivity index (χ4n) is 1.94. The summed E-state index contributed by atoms with van der Waals surface area (Å²) in [5.41, 5.74) is 0. The molecule has 1 rings (SSSR count). The van der Waals surface area contributed by atoms with Crippen molar-refractivity contribution in [2.75, 3.05) is 39.3 Å². The maximum atomic E-state index is 10.4. The summed E-state index contributed by atoms with van der Waals surface area (Å²) in [6, 6.07) is 0. The van der Waals surface area contributed by atoms with Crippen molar-refractivity contribution in [3.05, 3.63) is 0 Å². The molecular formula is C10H23N2NiO7+. The number of rotatable bonds is 4. The number of nitrogens with zero attached hydrogens (tertiary/aromatic N) is 2. The molecule has 0 unspecified atom stereocenters. The van der Waals surface area contributed by atoms with Crippen molar-refractivity contribution in [2.24, 2.45) is 0 Å². The Morgan fingerprint density at radius 3 is 1.25 bits per heavy atom. The van der Waals surface area contributed by atoms with Crippen LogP contribution in [0.4, 0.5) is 0 Å². The van der Waals surface area contributed by atoms with Crippen LogP contribution in [-0.2, 0) is 31.6 Å². The Labute approximate surface area is 127 Å². The average Bonchev–Trinajstić information content (AvgIpc) is 2.11. The second kappa shape index (κ2) is 14.6. The molecule has 0 amide bonds. The summed E-state index contributed by atoms with van der Waals surface area (Å²) < 4.78 is 0. The summed E-state index contributed by atoms with van der Waals surface area (Å²) >= 11 is 0. The van der Waals surface area contributed by atoms with Gasteiger partial charge in [0.25, 0.3) is 0 Å². The topological polar surface area (TPSA) is 183 Å². The third-order valence-corrected chi connectivity index (χ3v) is 2.60. The Morgan fingerprint density at radius 1 is 0.800 bits per heavy atom. The SMILES string of the molecule is O.O.O=C([O-])CN1CCCN(CC(=O)[O-])CCC1.[Ni+2].[OH3+]. The minimum atomic E-state index is -1.06. The Morgan fingerprint density at radius 2 is 1.05 bits per heavy atom. The largest absolute Gasteiger partial charge is 2.00 e. The fourth-order valence-corrected chi connectivity index (χ4v) is 1.94. The van der Waals surface area contributed by atoms with Crippen LogP contribution in [0.15, 0.2) is 0 Å². The smallest absolute Gasteiger partial charge is 0.549 e. The predicted molar refractivity (Wildman–Crippen MR) is 64.2 cm³/mol. The van der Waals surface area contributed by atoms with Gasteiger partial charge in [0.1, 0.15) is 0 Å². The molecule has 0 aromatic heterocycles. The Bertz CT molecular complexity index is 234. The summed E-state index contributed by atoms with van der Waals surface area (Å²) in [6.45, 7) is 2.57. The molecule has 0 bridgehead atoms.